The molecule has 0 saturated carbocycles. The van der Waals surface area contributed by atoms with Crippen molar-refractivity contribution in [3.63, 3.8) is 0 Å². The first-order chi connectivity index (χ1) is 46.2. The Morgan fingerprint density at radius 1 is 0.284 bits per heavy atom. The van der Waals surface area contributed by atoms with Gasteiger partial charge in [-0.2, -0.15) is 26.3 Å². The van der Waals surface area contributed by atoms with E-state index in [1.807, 2.05) is 83.1 Å². The van der Waals surface area contributed by atoms with Crippen molar-refractivity contribution in [1.29, 1.82) is 0 Å². The molecule has 0 aromatic heterocycles. The number of aliphatic imine (C=N–C) groups is 4. The summed E-state index contributed by atoms with van der Waals surface area (Å²) in [4.78, 5) is 10.9. The molecule has 0 aliphatic carbocycles. The zero-order chi connectivity index (χ0) is 78.2. The Balaban J connectivity index is 0.000000344. The van der Waals surface area contributed by atoms with E-state index in [4.69, 9.17) is 37.2 Å². The number of benzene rings is 8. The fraction of sp³-hybridized carbons (Fsp3) is 0.257. The van der Waals surface area contributed by atoms with Crippen LogP contribution in [-0.4, -0.2) is 45.3 Å². The minimum absolute atomic E-state index is 0.0354. The Bertz CT molecular complexity index is 4020. The van der Waals surface area contributed by atoms with Gasteiger partial charge in [-0.3, -0.25) is 20.0 Å². The van der Waals surface area contributed by atoms with E-state index in [2.05, 4.69) is 20.0 Å². The van der Waals surface area contributed by atoms with Gasteiger partial charge in [-0.1, -0.05) is 219 Å². The molecule has 8 aromatic rings. The van der Waals surface area contributed by atoms with Gasteiger partial charge in [0.05, 0.1) is 33.9 Å². The van der Waals surface area contributed by atoms with Crippen LogP contribution in [0.25, 0.3) is 0 Å². The van der Waals surface area contributed by atoms with Crippen molar-refractivity contribution in [2.75, 3.05) is 0 Å². The second kappa shape index (κ2) is 33.5. The summed E-state index contributed by atoms with van der Waals surface area (Å²) in [5.41, 5.74) is -1.53. The van der Waals surface area contributed by atoms with Crippen molar-refractivity contribution in [3.8, 4) is 23.0 Å². The van der Waals surface area contributed by atoms with Gasteiger partial charge in [0, 0.05) is 47.1 Å². The molecule has 32 heteroatoms. The molecule has 8 nitrogen and oxygen atoms in total. The van der Waals surface area contributed by atoms with Gasteiger partial charge in [-0.15, -0.1) is 0 Å². The maximum atomic E-state index is 13.1. The molecule has 0 heterocycles. The Kier molecular flexibility index (Phi) is 29.6. The molecular formula is C70H72Cl4F16N4O4S2Ti2. The third-order valence-electron chi connectivity index (χ3n) is 13.9. The molecule has 4 N–H and O–H groups in total. The topological polar surface area (TPSA) is 130 Å². The van der Waals surface area contributed by atoms with Crippen molar-refractivity contribution in [3.05, 3.63) is 225 Å². The average molecular weight is 1640 g/mol. The van der Waals surface area contributed by atoms with E-state index in [9.17, 15) is 85.6 Å². The van der Waals surface area contributed by atoms with E-state index in [-0.39, 0.29) is 56.3 Å². The molecule has 0 fully saturated rings. The summed E-state index contributed by atoms with van der Waals surface area (Å²) in [6.45, 7) is 22.8. The van der Waals surface area contributed by atoms with Crippen LogP contribution in [0, 0.1) is 0 Å². The van der Waals surface area contributed by atoms with Crippen LogP contribution in [0.1, 0.15) is 139 Å². The van der Waals surface area contributed by atoms with Crippen LogP contribution < -0.4 is 0 Å². The molecule has 8 aromatic carbocycles. The number of phenols is 4. The Labute approximate surface area is 615 Å². The standard InChI is InChI=1S/2C18H18F3NO.2C17H18F5NOS.4ClH.2Ti/c2*1-17(2,3)14-9-6-7-12(16(14)23)11-22-15-10-5-4-8-13(15)18(19,20)21;2*1-17(2,3)13-8-6-7-12(16(13)24)11-23-14-9-4-5-10-15(14)25(18,19,20,21)22;;;;;;/h2*4-11,23H,1-3H3;2*4-11,24H,1-3H3;4*1H;;/q;;;;;;;;2*+2/p-4. The quantitative estimate of drug-likeness (QED) is 0.0617. The summed E-state index contributed by atoms with van der Waals surface area (Å²) in [5.74, 6) is -0.228. The van der Waals surface area contributed by atoms with Crippen LogP contribution in [0.3, 0.4) is 0 Å². The van der Waals surface area contributed by atoms with Crippen molar-refractivity contribution in [2.24, 2.45) is 20.0 Å². The van der Waals surface area contributed by atoms with Gasteiger partial charge >= 0.3 is 104 Å². The molecule has 0 amide bonds. The van der Waals surface area contributed by atoms with Crippen LogP contribution in [0.4, 0.5) is 87.9 Å². The van der Waals surface area contributed by atoms with Gasteiger partial charge in [0.25, 0.3) is 0 Å². The summed E-state index contributed by atoms with van der Waals surface area (Å²) in [5, 5.41) is 41.2. The van der Waals surface area contributed by atoms with E-state index < -0.39 is 110 Å². The van der Waals surface area contributed by atoms with E-state index >= 15 is 0 Å². The van der Waals surface area contributed by atoms with Crippen LogP contribution in [0.15, 0.2) is 200 Å². The van der Waals surface area contributed by atoms with E-state index in [0.29, 0.717) is 45.5 Å². The van der Waals surface area contributed by atoms with Gasteiger partial charge in [0.1, 0.15) is 32.8 Å². The van der Waals surface area contributed by atoms with Gasteiger partial charge in [-0.05, 0) is 117 Å². The van der Waals surface area contributed by atoms with E-state index in [1.165, 1.54) is 73.1 Å². The number of alkyl halides is 6. The molecule has 0 spiro atoms. The van der Waals surface area contributed by atoms with Crippen LogP contribution >= 0.6 is 57.7 Å². The fourth-order valence-corrected chi connectivity index (χ4v) is 10.8. The predicted octanol–water partition coefficient (Wildman–Crippen LogP) is 27.9. The molecular weight excluding hydrogens is 1570 g/mol. The first-order valence-electron chi connectivity index (χ1n) is 29.6. The van der Waals surface area contributed by atoms with Gasteiger partial charge in [0.15, 0.2) is 0 Å². The number of para-hydroxylation sites is 8. The molecule has 8 rings (SSSR count). The number of hydrogen-bond donors (Lipinski definition) is 4. The number of phenolic OH excluding ortho intramolecular Hbond substituents is 4. The van der Waals surface area contributed by atoms with Crippen molar-refractivity contribution in [1.82, 2.24) is 0 Å². The van der Waals surface area contributed by atoms with E-state index in [1.54, 1.807) is 60.7 Å². The number of hydrogen-bond acceptors (Lipinski definition) is 8. The van der Waals surface area contributed by atoms with Crippen LogP contribution in [-0.2, 0) is 68.1 Å². The molecule has 556 valence electrons. The first kappa shape index (κ1) is 90.0. The van der Waals surface area contributed by atoms with Gasteiger partial charge in [0.2, 0.25) is 0 Å². The number of halogens is 20. The second-order valence-electron chi connectivity index (χ2n) is 26.1. The van der Waals surface area contributed by atoms with E-state index in [0.717, 1.165) is 48.8 Å². The second-order valence-corrected chi connectivity index (χ2v) is 36.0. The van der Waals surface area contributed by atoms with Gasteiger partial charge < -0.3 is 20.4 Å². The predicted molar refractivity (Wildman–Crippen MR) is 378 cm³/mol. The summed E-state index contributed by atoms with van der Waals surface area (Å²) in [6, 6.07) is 36.4. The average Bonchev–Trinajstić information content (AvgIpc) is 0.726. The molecule has 102 heavy (non-hydrogen) atoms. The number of aromatic hydroxyl groups is 4. The zero-order valence-electron chi connectivity index (χ0n) is 56.4. The summed E-state index contributed by atoms with van der Waals surface area (Å²) < 4.78 is 209. The molecule has 0 atom stereocenters. The normalized spacial score (nSPS) is 13.8. The third-order valence-corrected chi connectivity index (χ3v) is 16.2. The third kappa shape index (κ3) is 28.0. The van der Waals surface area contributed by atoms with Crippen molar-refractivity contribution < 1.29 is 120 Å². The summed E-state index contributed by atoms with van der Waals surface area (Å²) in [7, 11) is -0.170. The number of rotatable bonds is 10. The van der Waals surface area contributed by atoms with Crippen LogP contribution in [0.2, 0.25) is 0 Å². The van der Waals surface area contributed by atoms with Crippen molar-refractivity contribution in [2.45, 2.75) is 127 Å². The minimum atomic E-state index is -9.86. The summed E-state index contributed by atoms with van der Waals surface area (Å²) in [6.07, 6.45) is -4.52. The van der Waals surface area contributed by atoms with Crippen LogP contribution in [0.5, 0.6) is 23.0 Å². The molecule has 0 saturated heterocycles. The first-order valence-corrected chi connectivity index (χ1v) is 42.1. The molecule has 0 aliphatic rings. The summed E-state index contributed by atoms with van der Waals surface area (Å²) >= 11 is -1.11. The SMILES string of the molecule is CC(C)(C)c1cccc(C=Nc2ccccc2C(F)(F)F)c1O.CC(C)(C)c1cccc(C=Nc2ccccc2C(F)(F)F)c1O.CC(C)(C)c1cccc(C=Nc2ccccc2S(F)(F)(F)(F)F)c1O.CC(C)(C)c1cccc(C=Nc2ccccc2S(F)(F)(F)(F)F)c1O.[Cl][Ti][Cl].[Cl][Ti][Cl]. The Morgan fingerprint density at radius 3 is 0.657 bits per heavy atom. The maximum absolute atomic E-state index is 13.1. The fourth-order valence-electron chi connectivity index (χ4n) is 9.07. The Hall–Kier alpha value is -6.19. The monoisotopic (exact) mass is 1640 g/mol. The van der Waals surface area contributed by atoms with Gasteiger partial charge in [-0.25, -0.2) is 0 Å². The molecule has 0 radical (unpaired) electrons. The van der Waals surface area contributed by atoms with Crippen molar-refractivity contribution >= 4 is 105 Å². The number of nitrogens with zero attached hydrogens (tertiary/aromatic N) is 4. The molecule has 0 aliphatic heterocycles. The molecule has 0 bridgehead atoms. The Morgan fingerprint density at radius 2 is 0.461 bits per heavy atom. The molecule has 0 unspecified atom stereocenters. The zero-order valence-corrected chi connectivity index (χ0v) is 64.2.